The first-order chi connectivity index (χ1) is 9.85. The Labute approximate surface area is 124 Å². The van der Waals surface area contributed by atoms with Gasteiger partial charge in [-0.15, -0.1) is 11.3 Å². The molecule has 0 aliphatic carbocycles. The van der Waals surface area contributed by atoms with Gasteiger partial charge in [0, 0.05) is 24.6 Å². The van der Waals surface area contributed by atoms with E-state index in [1.165, 1.54) is 28.8 Å². The third-order valence-electron chi connectivity index (χ3n) is 4.00. The van der Waals surface area contributed by atoms with Crippen LogP contribution in [-0.2, 0) is 6.54 Å². The Balaban J connectivity index is 1.65. The molecule has 3 rings (SSSR count). The van der Waals surface area contributed by atoms with E-state index >= 15 is 0 Å². The second kappa shape index (κ2) is 6.53. The van der Waals surface area contributed by atoms with Gasteiger partial charge in [-0.1, -0.05) is 30.3 Å². The number of benzene rings is 1. The van der Waals surface area contributed by atoms with Crippen LogP contribution < -0.4 is 0 Å². The van der Waals surface area contributed by atoms with Crippen LogP contribution in [0.15, 0.2) is 41.8 Å². The van der Waals surface area contributed by atoms with E-state index in [0.29, 0.717) is 12.5 Å². The molecule has 1 aliphatic rings. The molecule has 0 radical (unpaired) electrons. The molecule has 1 aliphatic heterocycles. The molecule has 1 saturated heterocycles. The minimum atomic E-state index is 0.330. The number of aliphatic hydroxyl groups is 1. The van der Waals surface area contributed by atoms with Crippen LogP contribution in [0.1, 0.15) is 17.7 Å². The van der Waals surface area contributed by atoms with Crippen molar-refractivity contribution in [3.8, 4) is 11.1 Å². The van der Waals surface area contributed by atoms with Crippen LogP contribution in [0.4, 0.5) is 0 Å². The van der Waals surface area contributed by atoms with E-state index in [9.17, 15) is 5.11 Å². The summed E-state index contributed by atoms with van der Waals surface area (Å²) >= 11 is 1.84. The average molecular weight is 287 g/mol. The lowest BCUT2D eigenvalue weighted by atomic mass is 9.99. The summed E-state index contributed by atoms with van der Waals surface area (Å²) in [5, 5.41) is 11.6. The summed E-state index contributed by atoms with van der Waals surface area (Å²) in [6, 6.07) is 12.9. The number of piperidine rings is 1. The highest BCUT2D eigenvalue weighted by molar-refractivity contribution is 7.10. The molecule has 1 aromatic heterocycles. The Morgan fingerprint density at radius 2 is 2.05 bits per heavy atom. The van der Waals surface area contributed by atoms with Crippen LogP contribution in [0.25, 0.3) is 11.1 Å². The van der Waals surface area contributed by atoms with Crippen LogP contribution in [0.2, 0.25) is 0 Å². The molecular formula is C17H21NOS. The maximum absolute atomic E-state index is 9.30. The Morgan fingerprint density at radius 1 is 1.20 bits per heavy atom. The lowest BCUT2D eigenvalue weighted by Gasteiger charge is -2.31. The summed E-state index contributed by atoms with van der Waals surface area (Å²) in [4.78, 5) is 3.90. The number of thiophene rings is 1. The van der Waals surface area contributed by atoms with Crippen molar-refractivity contribution in [1.82, 2.24) is 4.90 Å². The molecular weight excluding hydrogens is 266 g/mol. The molecule has 0 bridgehead atoms. The molecule has 106 valence electrons. The van der Waals surface area contributed by atoms with Crippen molar-refractivity contribution in [3.63, 3.8) is 0 Å². The number of hydrogen-bond acceptors (Lipinski definition) is 3. The zero-order valence-corrected chi connectivity index (χ0v) is 12.5. The normalized spacial score (nSPS) is 20.1. The fraction of sp³-hybridized carbons (Fsp3) is 0.412. The van der Waals surface area contributed by atoms with Crippen molar-refractivity contribution in [1.29, 1.82) is 0 Å². The molecule has 0 saturated carbocycles. The summed E-state index contributed by atoms with van der Waals surface area (Å²) in [5.41, 5.74) is 2.61. The SMILES string of the molecule is OCC1CCCN(Cc2cc(-c3ccccc3)cs2)C1. The highest BCUT2D eigenvalue weighted by Crippen LogP contribution is 2.27. The zero-order chi connectivity index (χ0) is 13.8. The van der Waals surface area contributed by atoms with Gasteiger partial charge in [-0.05, 0) is 47.9 Å². The van der Waals surface area contributed by atoms with Gasteiger partial charge in [-0.2, -0.15) is 0 Å². The van der Waals surface area contributed by atoms with Crippen molar-refractivity contribution in [2.75, 3.05) is 19.7 Å². The van der Waals surface area contributed by atoms with Gasteiger partial charge in [0.25, 0.3) is 0 Å². The highest BCUT2D eigenvalue weighted by Gasteiger charge is 2.19. The molecule has 1 fully saturated rings. The molecule has 1 N–H and O–H groups in total. The largest absolute Gasteiger partial charge is 0.396 e. The first-order valence-corrected chi connectivity index (χ1v) is 8.19. The van der Waals surface area contributed by atoms with Gasteiger partial charge in [0.05, 0.1) is 0 Å². The Kier molecular flexibility index (Phi) is 4.51. The van der Waals surface area contributed by atoms with Gasteiger partial charge < -0.3 is 5.11 Å². The van der Waals surface area contributed by atoms with Gasteiger partial charge in [0.15, 0.2) is 0 Å². The summed E-state index contributed by atoms with van der Waals surface area (Å²) in [7, 11) is 0. The van der Waals surface area contributed by atoms with Crippen LogP contribution in [0.3, 0.4) is 0 Å². The second-order valence-electron chi connectivity index (χ2n) is 5.59. The van der Waals surface area contributed by atoms with Crippen LogP contribution in [0, 0.1) is 5.92 Å². The van der Waals surface area contributed by atoms with Gasteiger partial charge in [-0.3, -0.25) is 4.90 Å². The van der Waals surface area contributed by atoms with E-state index in [2.05, 4.69) is 46.7 Å². The minimum absolute atomic E-state index is 0.330. The van der Waals surface area contributed by atoms with Crippen LogP contribution in [0.5, 0.6) is 0 Å². The second-order valence-corrected chi connectivity index (χ2v) is 6.59. The van der Waals surface area contributed by atoms with E-state index < -0.39 is 0 Å². The monoisotopic (exact) mass is 287 g/mol. The van der Waals surface area contributed by atoms with Crippen molar-refractivity contribution < 1.29 is 5.11 Å². The predicted molar refractivity (Wildman–Crippen MR) is 84.8 cm³/mol. The van der Waals surface area contributed by atoms with Crippen LogP contribution in [-0.4, -0.2) is 29.7 Å². The lowest BCUT2D eigenvalue weighted by Crippen LogP contribution is -2.36. The fourth-order valence-corrected chi connectivity index (χ4v) is 3.84. The van der Waals surface area contributed by atoms with E-state index in [1.807, 2.05) is 11.3 Å². The summed E-state index contributed by atoms with van der Waals surface area (Å²) in [6.07, 6.45) is 2.38. The van der Waals surface area contributed by atoms with E-state index in [1.54, 1.807) is 0 Å². The fourth-order valence-electron chi connectivity index (χ4n) is 2.91. The third kappa shape index (κ3) is 3.29. The number of aliphatic hydroxyl groups excluding tert-OH is 1. The standard InChI is InChI=1S/C17H21NOS/c19-12-14-5-4-8-18(10-14)11-17-9-16(13-20-17)15-6-2-1-3-7-15/h1-3,6-7,9,13-14,19H,4-5,8,10-12H2. The van der Waals surface area contributed by atoms with Crippen LogP contribution >= 0.6 is 11.3 Å². The number of nitrogens with zero attached hydrogens (tertiary/aromatic N) is 1. The molecule has 2 heterocycles. The van der Waals surface area contributed by atoms with E-state index in [4.69, 9.17) is 0 Å². The molecule has 0 spiro atoms. The summed E-state index contributed by atoms with van der Waals surface area (Å²) in [6.45, 7) is 3.55. The minimum Gasteiger partial charge on any atom is -0.396 e. The Bertz CT molecular complexity index is 537. The van der Waals surface area contributed by atoms with Gasteiger partial charge in [-0.25, -0.2) is 0 Å². The molecule has 1 unspecified atom stereocenters. The van der Waals surface area contributed by atoms with Gasteiger partial charge in [0.2, 0.25) is 0 Å². The molecule has 2 nitrogen and oxygen atoms in total. The Morgan fingerprint density at radius 3 is 2.85 bits per heavy atom. The van der Waals surface area contributed by atoms with E-state index in [-0.39, 0.29) is 0 Å². The van der Waals surface area contributed by atoms with E-state index in [0.717, 1.165) is 19.6 Å². The molecule has 2 aromatic rings. The highest BCUT2D eigenvalue weighted by atomic mass is 32.1. The van der Waals surface area contributed by atoms with Gasteiger partial charge in [0.1, 0.15) is 0 Å². The lowest BCUT2D eigenvalue weighted by molar-refractivity contribution is 0.116. The van der Waals surface area contributed by atoms with Crippen molar-refractivity contribution in [2.24, 2.45) is 5.92 Å². The number of likely N-dealkylation sites (tertiary alicyclic amines) is 1. The maximum Gasteiger partial charge on any atom is 0.0471 e. The molecule has 1 atom stereocenters. The number of rotatable bonds is 4. The van der Waals surface area contributed by atoms with Crippen molar-refractivity contribution in [2.45, 2.75) is 19.4 Å². The third-order valence-corrected chi connectivity index (χ3v) is 4.92. The molecule has 1 aromatic carbocycles. The smallest absolute Gasteiger partial charge is 0.0471 e. The molecule has 3 heteroatoms. The molecule has 20 heavy (non-hydrogen) atoms. The summed E-state index contributed by atoms with van der Waals surface area (Å²) in [5.74, 6) is 0.470. The Hall–Kier alpha value is -1.16. The van der Waals surface area contributed by atoms with Crippen molar-refractivity contribution >= 4 is 11.3 Å². The summed E-state index contributed by atoms with van der Waals surface area (Å²) < 4.78 is 0. The number of hydrogen-bond donors (Lipinski definition) is 1. The quantitative estimate of drug-likeness (QED) is 0.928. The maximum atomic E-state index is 9.30. The van der Waals surface area contributed by atoms with Gasteiger partial charge >= 0.3 is 0 Å². The first kappa shape index (κ1) is 13.8. The average Bonchev–Trinajstić information content (AvgIpc) is 2.97. The predicted octanol–water partition coefficient (Wildman–Crippen LogP) is 3.62. The first-order valence-electron chi connectivity index (χ1n) is 7.31. The topological polar surface area (TPSA) is 23.5 Å². The van der Waals surface area contributed by atoms with Crippen molar-refractivity contribution in [3.05, 3.63) is 46.7 Å². The zero-order valence-electron chi connectivity index (χ0n) is 11.7. The molecule has 0 amide bonds.